The number of amides is 1. The summed E-state index contributed by atoms with van der Waals surface area (Å²) in [5, 5.41) is 14.5. The Labute approximate surface area is 128 Å². The van der Waals surface area contributed by atoms with Crippen LogP contribution >= 0.6 is 11.3 Å². The monoisotopic (exact) mass is 307 g/mol. The van der Waals surface area contributed by atoms with Crippen LogP contribution in [0.15, 0.2) is 11.4 Å². The van der Waals surface area contributed by atoms with E-state index in [4.69, 9.17) is 0 Å². The second-order valence-corrected chi connectivity index (χ2v) is 7.09. The highest BCUT2D eigenvalue weighted by Gasteiger charge is 2.37. The van der Waals surface area contributed by atoms with Crippen molar-refractivity contribution in [3.8, 4) is 0 Å². The van der Waals surface area contributed by atoms with Gasteiger partial charge in [-0.25, -0.2) is 0 Å². The first-order valence-electron chi connectivity index (χ1n) is 7.76. The minimum absolute atomic E-state index is 0.0637. The fourth-order valence-corrected chi connectivity index (χ4v) is 4.64. The molecule has 3 atom stereocenters. The van der Waals surface area contributed by atoms with Gasteiger partial charge in [0.15, 0.2) is 0 Å². The van der Waals surface area contributed by atoms with Crippen LogP contribution in [0.5, 0.6) is 0 Å². The fourth-order valence-electron chi connectivity index (χ4n) is 3.66. The maximum Gasteiger partial charge on any atom is 0.307 e. The maximum atomic E-state index is 12.5. The van der Waals surface area contributed by atoms with Gasteiger partial charge in [0.2, 0.25) is 5.91 Å². The van der Waals surface area contributed by atoms with Gasteiger partial charge in [0.05, 0.1) is 17.9 Å². The van der Waals surface area contributed by atoms with Gasteiger partial charge in [0.1, 0.15) is 0 Å². The summed E-state index contributed by atoms with van der Waals surface area (Å²) in [5.41, 5.74) is 1.24. The van der Waals surface area contributed by atoms with Crippen LogP contribution in [0, 0.1) is 11.8 Å². The zero-order valence-corrected chi connectivity index (χ0v) is 12.8. The van der Waals surface area contributed by atoms with Gasteiger partial charge in [-0.15, -0.1) is 11.3 Å². The highest BCUT2D eigenvalue weighted by Crippen LogP contribution is 2.35. The van der Waals surface area contributed by atoms with E-state index in [-0.39, 0.29) is 17.9 Å². The van der Waals surface area contributed by atoms with Crippen LogP contribution in [-0.2, 0) is 16.0 Å². The number of hydrogen-bond donors (Lipinski definition) is 2. The minimum Gasteiger partial charge on any atom is -0.481 e. The summed E-state index contributed by atoms with van der Waals surface area (Å²) in [6.45, 7) is 0. The Morgan fingerprint density at radius 1 is 1.14 bits per heavy atom. The van der Waals surface area contributed by atoms with E-state index in [2.05, 4.69) is 16.8 Å². The molecule has 1 heterocycles. The zero-order valence-electron chi connectivity index (χ0n) is 12.0. The Morgan fingerprint density at radius 2 is 1.90 bits per heavy atom. The molecule has 0 spiro atoms. The summed E-state index contributed by atoms with van der Waals surface area (Å²) in [6.07, 6.45) is 6.34. The Bertz CT molecular complexity index is 539. The molecule has 2 aliphatic rings. The Morgan fingerprint density at radius 3 is 2.67 bits per heavy atom. The van der Waals surface area contributed by atoms with Crippen molar-refractivity contribution >= 4 is 23.2 Å². The zero-order chi connectivity index (χ0) is 14.8. The summed E-state index contributed by atoms with van der Waals surface area (Å²) in [4.78, 5) is 25.2. The minimum atomic E-state index is -0.824. The van der Waals surface area contributed by atoms with Crippen molar-refractivity contribution in [3.63, 3.8) is 0 Å². The predicted octanol–water partition coefficient (Wildman–Crippen LogP) is 3.13. The number of hydrogen-bond acceptors (Lipinski definition) is 3. The quantitative estimate of drug-likeness (QED) is 0.901. The molecule has 2 N–H and O–H groups in total. The lowest BCUT2D eigenvalue weighted by atomic mass is 9.78. The number of aryl methyl sites for hydroxylation is 1. The molecule has 0 saturated heterocycles. The topological polar surface area (TPSA) is 66.4 Å². The molecule has 0 bridgehead atoms. The molecular weight excluding hydrogens is 286 g/mol. The highest BCUT2D eigenvalue weighted by atomic mass is 32.1. The first kappa shape index (κ1) is 14.6. The molecule has 5 heteroatoms. The van der Waals surface area contributed by atoms with E-state index in [1.807, 2.05) is 0 Å². The van der Waals surface area contributed by atoms with Crippen molar-refractivity contribution in [2.24, 2.45) is 11.8 Å². The number of fused-ring (bicyclic) bond motifs is 1. The SMILES string of the molecule is O=C(O)C1CCCCC1C(=O)NC1CCCc2sccc21. The van der Waals surface area contributed by atoms with Crippen molar-refractivity contribution < 1.29 is 14.7 Å². The van der Waals surface area contributed by atoms with Gasteiger partial charge in [-0.3, -0.25) is 9.59 Å². The fraction of sp³-hybridized carbons (Fsp3) is 0.625. The lowest BCUT2D eigenvalue weighted by Gasteiger charge is -2.30. The number of thiophene rings is 1. The molecule has 1 fully saturated rings. The number of carboxylic acid groups (broad SMARTS) is 1. The third-order valence-electron chi connectivity index (χ3n) is 4.79. The van der Waals surface area contributed by atoms with Crippen LogP contribution in [0.3, 0.4) is 0 Å². The molecular formula is C16H21NO3S. The third kappa shape index (κ3) is 2.98. The summed E-state index contributed by atoms with van der Waals surface area (Å²) < 4.78 is 0. The number of carbonyl (C=O) groups is 2. The van der Waals surface area contributed by atoms with Crippen molar-refractivity contribution in [2.45, 2.75) is 51.0 Å². The Balaban J connectivity index is 1.70. The van der Waals surface area contributed by atoms with E-state index >= 15 is 0 Å². The van der Waals surface area contributed by atoms with Crippen LogP contribution < -0.4 is 5.32 Å². The van der Waals surface area contributed by atoms with Gasteiger partial charge in [-0.05, 0) is 49.1 Å². The standard InChI is InChI=1S/C16H21NO3S/c18-15(10-4-1-2-5-11(10)16(19)20)17-13-6-3-7-14-12(13)8-9-21-14/h8-11,13H,1-7H2,(H,17,18)(H,19,20). The van der Waals surface area contributed by atoms with E-state index in [1.54, 1.807) is 11.3 Å². The Kier molecular flexibility index (Phi) is 4.29. The Hall–Kier alpha value is -1.36. The summed E-state index contributed by atoms with van der Waals surface area (Å²) in [7, 11) is 0. The molecule has 1 aromatic rings. The summed E-state index contributed by atoms with van der Waals surface area (Å²) >= 11 is 1.75. The second-order valence-electron chi connectivity index (χ2n) is 6.09. The lowest BCUT2D eigenvalue weighted by molar-refractivity contribution is -0.149. The van der Waals surface area contributed by atoms with Gasteiger partial charge < -0.3 is 10.4 Å². The number of carboxylic acids is 1. The molecule has 4 nitrogen and oxygen atoms in total. The molecule has 0 aromatic carbocycles. The van der Waals surface area contributed by atoms with Crippen LogP contribution in [0.4, 0.5) is 0 Å². The molecule has 2 aliphatic carbocycles. The number of carbonyl (C=O) groups excluding carboxylic acids is 1. The van der Waals surface area contributed by atoms with Gasteiger partial charge >= 0.3 is 5.97 Å². The molecule has 114 valence electrons. The van der Waals surface area contributed by atoms with E-state index in [0.717, 1.165) is 32.1 Å². The van der Waals surface area contributed by atoms with Crippen molar-refractivity contribution in [2.75, 3.05) is 0 Å². The third-order valence-corrected chi connectivity index (χ3v) is 5.78. The molecule has 3 unspecified atom stereocenters. The normalized spacial score (nSPS) is 28.7. The number of aliphatic carboxylic acids is 1. The molecule has 21 heavy (non-hydrogen) atoms. The second kappa shape index (κ2) is 6.18. The largest absolute Gasteiger partial charge is 0.481 e. The lowest BCUT2D eigenvalue weighted by Crippen LogP contribution is -2.41. The first-order valence-corrected chi connectivity index (χ1v) is 8.64. The number of rotatable bonds is 3. The van der Waals surface area contributed by atoms with E-state index < -0.39 is 11.9 Å². The van der Waals surface area contributed by atoms with Crippen molar-refractivity contribution in [3.05, 3.63) is 21.9 Å². The van der Waals surface area contributed by atoms with Crippen LogP contribution in [0.1, 0.15) is 55.0 Å². The van der Waals surface area contributed by atoms with Crippen LogP contribution in [0.2, 0.25) is 0 Å². The molecule has 0 radical (unpaired) electrons. The maximum absolute atomic E-state index is 12.5. The van der Waals surface area contributed by atoms with Crippen LogP contribution in [-0.4, -0.2) is 17.0 Å². The summed E-state index contributed by atoms with van der Waals surface area (Å²) in [5.74, 6) is -1.76. The first-order chi connectivity index (χ1) is 10.2. The summed E-state index contributed by atoms with van der Waals surface area (Å²) in [6, 6.07) is 2.17. The predicted molar refractivity (Wildman–Crippen MR) is 81.2 cm³/mol. The molecule has 0 aliphatic heterocycles. The van der Waals surface area contributed by atoms with Gasteiger partial charge in [-0.1, -0.05) is 12.8 Å². The highest BCUT2D eigenvalue weighted by molar-refractivity contribution is 7.10. The molecule has 1 amide bonds. The smallest absolute Gasteiger partial charge is 0.307 e. The number of nitrogens with one attached hydrogen (secondary N) is 1. The van der Waals surface area contributed by atoms with Gasteiger partial charge in [0, 0.05) is 4.88 Å². The van der Waals surface area contributed by atoms with E-state index in [9.17, 15) is 14.7 Å². The molecule has 3 rings (SSSR count). The van der Waals surface area contributed by atoms with Gasteiger partial charge in [-0.2, -0.15) is 0 Å². The van der Waals surface area contributed by atoms with E-state index in [0.29, 0.717) is 12.8 Å². The molecule has 1 aromatic heterocycles. The van der Waals surface area contributed by atoms with Crippen LogP contribution in [0.25, 0.3) is 0 Å². The van der Waals surface area contributed by atoms with Crippen molar-refractivity contribution in [1.29, 1.82) is 0 Å². The van der Waals surface area contributed by atoms with E-state index in [1.165, 1.54) is 10.4 Å². The van der Waals surface area contributed by atoms with Gasteiger partial charge in [0.25, 0.3) is 0 Å². The average Bonchev–Trinajstić information content (AvgIpc) is 2.96. The average molecular weight is 307 g/mol. The molecule has 1 saturated carbocycles. The van der Waals surface area contributed by atoms with Crippen molar-refractivity contribution in [1.82, 2.24) is 5.32 Å².